The number of nitrogens with one attached hydrogen (secondary N) is 2. The molecule has 0 aliphatic carbocycles. The highest BCUT2D eigenvalue weighted by atomic mass is 16.5. The van der Waals surface area contributed by atoms with Crippen molar-refractivity contribution in [3.8, 4) is 11.5 Å². The molecule has 0 unspecified atom stereocenters. The number of aromatic hydroxyl groups is 1. The Balaban J connectivity index is 0.000000186. The summed E-state index contributed by atoms with van der Waals surface area (Å²) in [5, 5.41) is 22.9. The highest BCUT2D eigenvalue weighted by molar-refractivity contribution is 6.05. The van der Waals surface area contributed by atoms with E-state index in [1.54, 1.807) is 49.1 Å². The van der Waals surface area contributed by atoms with Gasteiger partial charge in [-0.15, -0.1) is 0 Å². The molecule has 13 nitrogen and oxygen atoms in total. The average molecular weight is 839 g/mol. The van der Waals surface area contributed by atoms with Gasteiger partial charge in [-0.25, -0.2) is 9.97 Å². The number of carbonyl (C=O) groups excluding carboxylic acids is 2. The number of amides is 2. The first-order valence-corrected chi connectivity index (χ1v) is 20.1. The van der Waals surface area contributed by atoms with E-state index in [2.05, 4.69) is 25.6 Å². The fourth-order valence-electron chi connectivity index (χ4n) is 6.73. The van der Waals surface area contributed by atoms with Gasteiger partial charge in [0.1, 0.15) is 29.5 Å². The van der Waals surface area contributed by atoms with Gasteiger partial charge in [0, 0.05) is 41.0 Å². The van der Waals surface area contributed by atoms with Crippen molar-refractivity contribution in [2.75, 3.05) is 17.7 Å². The van der Waals surface area contributed by atoms with E-state index in [1.165, 1.54) is 0 Å². The van der Waals surface area contributed by atoms with Gasteiger partial charge in [-0.2, -0.15) is 0 Å². The number of pyridine rings is 2. The van der Waals surface area contributed by atoms with Crippen LogP contribution in [0.1, 0.15) is 49.1 Å². The molecule has 4 aromatic heterocycles. The van der Waals surface area contributed by atoms with Crippen LogP contribution in [0.2, 0.25) is 0 Å². The lowest BCUT2D eigenvalue weighted by Gasteiger charge is -2.13. The molecule has 9 rings (SSSR count). The molecule has 63 heavy (non-hydrogen) atoms. The second-order valence-corrected chi connectivity index (χ2v) is 14.4. The Labute approximate surface area is 364 Å². The van der Waals surface area contributed by atoms with Crippen LogP contribution < -0.4 is 15.4 Å². The molecule has 0 saturated carbocycles. The monoisotopic (exact) mass is 838 g/mol. The van der Waals surface area contributed by atoms with Gasteiger partial charge in [0.25, 0.3) is 11.8 Å². The van der Waals surface area contributed by atoms with Gasteiger partial charge >= 0.3 is 0 Å². The second-order valence-electron chi connectivity index (χ2n) is 14.4. The first-order chi connectivity index (χ1) is 30.8. The Hall–Kier alpha value is -8.16. The molecule has 2 amide bonds. The molecule has 4 N–H and O–H groups in total. The molecule has 316 valence electrons. The number of hydrogen-bond acceptors (Lipinski definition) is 9. The predicted octanol–water partition coefficient (Wildman–Crippen LogP) is 8.97. The summed E-state index contributed by atoms with van der Waals surface area (Å²) in [6.45, 7) is 5.21. The molecule has 0 radical (unpaired) electrons. The van der Waals surface area contributed by atoms with Gasteiger partial charge < -0.3 is 34.7 Å². The summed E-state index contributed by atoms with van der Waals surface area (Å²) in [5.74, 6) is 0.572. The van der Waals surface area contributed by atoms with Gasteiger partial charge in [-0.3, -0.25) is 19.6 Å². The standard InChI is InChI=1S/C28H24N4O2.C21H18N4O2.CH4O/c1-20-12-15-27(34-18-21-8-4-2-5-9-21)25(30-20)17-32-19-29-24-14-13-23(16-26(24)32)31-28(33)22-10-6-3-7-11-22;1-14-7-10-20(26)18(23-14)12-25-13-22-17-9-8-16(11-19(17)25)24-21(27)15-5-3-2-4-6-15;1-2/h2-16,19H,17-18H2,1H3,(H,31,33);2-11,13,26H,12H2,1H3,(H,24,27);2H,1H3. The number of aliphatic hydroxyl groups excluding tert-OH is 1. The molecule has 0 fully saturated rings. The molecule has 5 aromatic carbocycles. The van der Waals surface area contributed by atoms with Crippen LogP contribution in [-0.2, 0) is 19.7 Å². The Bertz CT molecular complexity index is 2950. The predicted molar refractivity (Wildman–Crippen MR) is 245 cm³/mol. The van der Waals surface area contributed by atoms with Gasteiger partial charge in [-0.05, 0) is 104 Å². The smallest absolute Gasteiger partial charge is 0.255 e. The molecule has 0 saturated heterocycles. The summed E-state index contributed by atoms with van der Waals surface area (Å²) in [6.07, 6.45) is 3.50. The number of hydrogen-bond donors (Lipinski definition) is 4. The molecule has 0 atom stereocenters. The summed E-state index contributed by atoms with van der Waals surface area (Å²) >= 11 is 0. The Morgan fingerprint density at radius 2 is 1.03 bits per heavy atom. The third kappa shape index (κ3) is 11.0. The maximum absolute atomic E-state index is 12.6. The van der Waals surface area contributed by atoms with E-state index < -0.39 is 0 Å². The molecule has 13 heteroatoms. The molecule has 0 aliphatic heterocycles. The number of nitrogens with zero attached hydrogens (tertiary/aromatic N) is 6. The SMILES string of the molecule is CO.Cc1ccc(O)c(Cn2cnc3ccc(NC(=O)c4ccccc4)cc32)n1.Cc1ccc(OCc2ccccc2)c(Cn2cnc3ccc(NC(=O)c4ccccc4)cc32)n1. The third-order valence-electron chi connectivity index (χ3n) is 9.87. The number of ether oxygens (including phenoxy) is 1. The first kappa shape index (κ1) is 42.9. The molecule has 0 spiro atoms. The topological polar surface area (TPSA) is 169 Å². The number of imidazole rings is 2. The van der Waals surface area contributed by atoms with Crippen molar-refractivity contribution in [1.29, 1.82) is 0 Å². The second kappa shape index (κ2) is 20.4. The minimum Gasteiger partial charge on any atom is -0.506 e. The van der Waals surface area contributed by atoms with Gasteiger partial charge in [-0.1, -0.05) is 66.7 Å². The number of aromatic nitrogens is 6. The lowest BCUT2D eigenvalue weighted by molar-refractivity contribution is 0.101. The maximum atomic E-state index is 12.6. The molecular weight excluding hydrogens is 793 g/mol. The third-order valence-corrected chi connectivity index (χ3v) is 9.87. The number of rotatable bonds is 11. The molecule has 9 aromatic rings. The highest BCUT2D eigenvalue weighted by Crippen LogP contribution is 2.25. The Morgan fingerprint density at radius 1 is 0.571 bits per heavy atom. The summed E-state index contributed by atoms with van der Waals surface area (Å²) in [5.41, 5.74) is 10.3. The normalized spacial score (nSPS) is 10.6. The van der Waals surface area contributed by atoms with Crippen LogP contribution in [0.15, 0.2) is 164 Å². The van der Waals surface area contributed by atoms with Crippen LogP contribution in [0.3, 0.4) is 0 Å². The number of carbonyl (C=O) groups is 2. The van der Waals surface area contributed by atoms with Gasteiger partial charge in [0.05, 0.1) is 47.8 Å². The van der Waals surface area contributed by atoms with E-state index in [4.69, 9.17) is 14.8 Å². The van der Waals surface area contributed by atoms with Crippen molar-refractivity contribution in [2.45, 2.75) is 33.5 Å². The van der Waals surface area contributed by atoms with E-state index in [9.17, 15) is 14.7 Å². The number of benzene rings is 5. The molecule has 0 aliphatic rings. The van der Waals surface area contributed by atoms with Crippen molar-refractivity contribution in [2.24, 2.45) is 0 Å². The zero-order valence-electron chi connectivity index (χ0n) is 35.0. The lowest BCUT2D eigenvalue weighted by Crippen LogP contribution is -2.11. The van der Waals surface area contributed by atoms with Crippen LogP contribution in [0.4, 0.5) is 11.4 Å². The van der Waals surface area contributed by atoms with Crippen molar-refractivity contribution in [3.63, 3.8) is 0 Å². The first-order valence-electron chi connectivity index (χ1n) is 20.1. The summed E-state index contributed by atoms with van der Waals surface area (Å²) < 4.78 is 10.0. The van der Waals surface area contributed by atoms with Crippen LogP contribution in [0.25, 0.3) is 22.1 Å². The molecule has 4 heterocycles. The van der Waals surface area contributed by atoms with E-state index in [0.29, 0.717) is 47.9 Å². The minimum absolute atomic E-state index is 0.149. The van der Waals surface area contributed by atoms with E-state index in [1.807, 2.05) is 138 Å². The van der Waals surface area contributed by atoms with E-state index in [-0.39, 0.29) is 17.6 Å². The van der Waals surface area contributed by atoms with Crippen LogP contribution >= 0.6 is 0 Å². The summed E-state index contributed by atoms with van der Waals surface area (Å²) in [6, 6.07) is 46.9. The quantitative estimate of drug-likeness (QED) is 0.0994. The largest absolute Gasteiger partial charge is 0.506 e. The molecule has 0 bridgehead atoms. The number of aliphatic hydroxyl groups is 1. The summed E-state index contributed by atoms with van der Waals surface area (Å²) in [4.78, 5) is 43.0. The maximum Gasteiger partial charge on any atom is 0.255 e. The van der Waals surface area contributed by atoms with Gasteiger partial charge in [0.15, 0.2) is 0 Å². The van der Waals surface area contributed by atoms with Crippen LogP contribution in [-0.4, -0.2) is 58.2 Å². The highest BCUT2D eigenvalue weighted by Gasteiger charge is 2.14. The number of fused-ring (bicyclic) bond motifs is 2. The van der Waals surface area contributed by atoms with E-state index >= 15 is 0 Å². The summed E-state index contributed by atoms with van der Waals surface area (Å²) in [7, 11) is 1.00. The molecular formula is C50H46N8O5. The number of anilines is 2. The lowest BCUT2D eigenvalue weighted by atomic mass is 10.2. The fourth-order valence-corrected chi connectivity index (χ4v) is 6.73. The van der Waals surface area contributed by atoms with Crippen molar-refractivity contribution in [3.05, 3.63) is 204 Å². The van der Waals surface area contributed by atoms with Crippen molar-refractivity contribution in [1.82, 2.24) is 29.1 Å². The number of aryl methyl sites for hydroxylation is 2. The van der Waals surface area contributed by atoms with Crippen LogP contribution in [0.5, 0.6) is 11.5 Å². The van der Waals surface area contributed by atoms with Crippen molar-refractivity contribution >= 4 is 45.3 Å². The average Bonchev–Trinajstić information content (AvgIpc) is 3.91. The fraction of sp³-hybridized carbons (Fsp3) is 0.120. The van der Waals surface area contributed by atoms with Crippen LogP contribution in [0, 0.1) is 13.8 Å². The Morgan fingerprint density at radius 3 is 1.56 bits per heavy atom. The minimum atomic E-state index is -0.168. The zero-order chi connectivity index (χ0) is 44.1. The van der Waals surface area contributed by atoms with Crippen molar-refractivity contribution < 1.29 is 24.5 Å². The zero-order valence-corrected chi connectivity index (χ0v) is 35.0. The van der Waals surface area contributed by atoms with E-state index in [0.717, 1.165) is 57.6 Å². The van der Waals surface area contributed by atoms with Gasteiger partial charge in [0.2, 0.25) is 0 Å². The Kier molecular flexibility index (Phi) is 13.9.